The second-order valence-electron chi connectivity index (χ2n) is 4.29. The van der Waals surface area contributed by atoms with E-state index in [9.17, 15) is 14.9 Å². The molecule has 1 aromatic rings. The van der Waals surface area contributed by atoms with Gasteiger partial charge in [-0.2, -0.15) is 0 Å². The number of hydrogen-bond acceptors (Lipinski definition) is 4. The Bertz CT molecular complexity index is 440. The lowest BCUT2D eigenvalue weighted by atomic mass is 10.3. The van der Waals surface area contributed by atoms with E-state index in [2.05, 4.69) is 5.32 Å². The lowest BCUT2D eigenvalue weighted by Gasteiger charge is -2.06. The zero-order valence-corrected chi connectivity index (χ0v) is 9.80. The number of hydrogen-bond donors (Lipinski definition) is 1. The largest absolute Gasteiger partial charge is 0.484 e. The molecular weight excluding hydrogens is 236 g/mol. The fourth-order valence-corrected chi connectivity index (χ4v) is 1.44. The molecule has 1 fully saturated rings. The van der Waals surface area contributed by atoms with Gasteiger partial charge in [0.2, 0.25) is 0 Å². The summed E-state index contributed by atoms with van der Waals surface area (Å²) in [5.74, 6) is 0.913. The molecule has 1 saturated carbocycles. The number of carbonyl (C=O) groups excluding carboxylic acids is 1. The second kappa shape index (κ2) is 5.48. The van der Waals surface area contributed by atoms with Gasteiger partial charge in [-0.15, -0.1) is 0 Å². The summed E-state index contributed by atoms with van der Waals surface area (Å²) >= 11 is 0. The summed E-state index contributed by atoms with van der Waals surface area (Å²) in [5, 5.41) is 13.2. The summed E-state index contributed by atoms with van der Waals surface area (Å²) in [6, 6.07) is 5.65. The van der Waals surface area contributed by atoms with Gasteiger partial charge >= 0.3 is 0 Å². The molecule has 1 aromatic carbocycles. The van der Waals surface area contributed by atoms with Crippen molar-refractivity contribution in [3.63, 3.8) is 0 Å². The molecule has 0 saturated heterocycles. The normalized spacial score (nSPS) is 14.0. The van der Waals surface area contributed by atoms with Gasteiger partial charge in [0, 0.05) is 18.7 Å². The van der Waals surface area contributed by atoms with Crippen LogP contribution in [0.15, 0.2) is 24.3 Å². The standard InChI is InChI=1S/C12H14N2O4/c15-12(13-7-9-1-2-9)8-18-11-5-3-10(4-6-11)14(16)17/h3-6,9H,1-2,7-8H2,(H,13,15). The van der Waals surface area contributed by atoms with Gasteiger partial charge in [-0.1, -0.05) is 0 Å². The number of non-ortho nitro benzene ring substituents is 1. The molecule has 0 atom stereocenters. The highest BCUT2D eigenvalue weighted by Crippen LogP contribution is 2.27. The van der Waals surface area contributed by atoms with Crippen LogP contribution >= 0.6 is 0 Å². The average molecular weight is 250 g/mol. The number of rotatable bonds is 6. The fraction of sp³-hybridized carbons (Fsp3) is 0.417. The topological polar surface area (TPSA) is 81.5 Å². The number of nitrogens with one attached hydrogen (secondary N) is 1. The van der Waals surface area contributed by atoms with E-state index in [-0.39, 0.29) is 18.2 Å². The van der Waals surface area contributed by atoms with Crippen molar-refractivity contribution in [3.8, 4) is 5.75 Å². The Balaban J connectivity index is 1.74. The maximum atomic E-state index is 11.4. The Morgan fingerprint density at radius 1 is 1.39 bits per heavy atom. The summed E-state index contributed by atoms with van der Waals surface area (Å²) in [7, 11) is 0. The SMILES string of the molecule is O=C(COc1ccc([N+](=O)[O-])cc1)NCC1CC1. The van der Waals surface area contributed by atoms with Crippen LogP contribution in [0.4, 0.5) is 5.69 Å². The van der Waals surface area contributed by atoms with Gasteiger partial charge in [0.15, 0.2) is 6.61 Å². The minimum atomic E-state index is -0.480. The van der Waals surface area contributed by atoms with Crippen LogP contribution in [0.5, 0.6) is 5.75 Å². The number of ether oxygens (including phenoxy) is 1. The van der Waals surface area contributed by atoms with Crippen molar-refractivity contribution in [2.24, 2.45) is 5.92 Å². The Hall–Kier alpha value is -2.11. The monoisotopic (exact) mass is 250 g/mol. The Morgan fingerprint density at radius 3 is 2.61 bits per heavy atom. The van der Waals surface area contributed by atoms with E-state index < -0.39 is 4.92 Å². The number of nitro groups is 1. The third kappa shape index (κ3) is 3.73. The van der Waals surface area contributed by atoms with Crippen LogP contribution in [0.3, 0.4) is 0 Å². The van der Waals surface area contributed by atoms with Crippen molar-refractivity contribution in [1.82, 2.24) is 5.32 Å². The first kappa shape index (κ1) is 12.3. The maximum Gasteiger partial charge on any atom is 0.269 e. The zero-order chi connectivity index (χ0) is 13.0. The van der Waals surface area contributed by atoms with Gasteiger partial charge in [-0.3, -0.25) is 14.9 Å². The number of nitrogens with zero attached hydrogens (tertiary/aromatic N) is 1. The van der Waals surface area contributed by atoms with Gasteiger partial charge in [-0.05, 0) is 30.9 Å². The van der Waals surface area contributed by atoms with Crippen molar-refractivity contribution >= 4 is 11.6 Å². The van der Waals surface area contributed by atoms with Crippen LogP contribution in [0.2, 0.25) is 0 Å². The van der Waals surface area contributed by atoms with Crippen molar-refractivity contribution in [2.75, 3.05) is 13.2 Å². The first-order valence-electron chi connectivity index (χ1n) is 5.79. The lowest BCUT2D eigenvalue weighted by molar-refractivity contribution is -0.384. The number of amides is 1. The summed E-state index contributed by atoms with van der Waals surface area (Å²) in [6.45, 7) is 0.646. The molecule has 96 valence electrons. The molecular formula is C12H14N2O4. The minimum Gasteiger partial charge on any atom is -0.484 e. The van der Waals surface area contributed by atoms with Gasteiger partial charge in [0.25, 0.3) is 11.6 Å². The maximum absolute atomic E-state index is 11.4. The Kier molecular flexibility index (Phi) is 3.76. The van der Waals surface area contributed by atoms with E-state index in [4.69, 9.17) is 4.74 Å². The minimum absolute atomic E-state index is 0.000495. The Morgan fingerprint density at radius 2 is 2.06 bits per heavy atom. The average Bonchev–Trinajstić information content (AvgIpc) is 3.18. The molecule has 18 heavy (non-hydrogen) atoms. The van der Waals surface area contributed by atoms with Crippen molar-refractivity contribution in [3.05, 3.63) is 34.4 Å². The van der Waals surface area contributed by atoms with E-state index in [0.717, 1.165) is 0 Å². The molecule has 0 aliphatic heterocycles. The van der Waals surface area contributed by atoms with Crippen molar-refractivity contribution in [2.45, 2.75) is 12.8 Å². The highest BCUT2D eigenvalue weighted by atomic mass is 16.6. The number of carbonyl (C=O) groups is 1. The van der Waals surface area contributed by atoms with Crippen LogP contribution < -0.4 is 10.1 Å². The molecule has 1 aliphatic carbocycles. The third-order valence-electron chi connectivity index (χ3n) is 2.70. The molecule has 1 amide bonds. The van der Waals surface area contributed by atoms with Crippen LogP contribution in [0, 0.1) is 16.0 Å². The van der Waals surface area contributed by atoms with Gasteiger partial charge in [-0.25, -0.2) is 0 Å². The summed E-state index contributed by atoms with van der Waals surface area (Å²) in [4.78, 5) is 21.3. The van der Waals surface area contributed by atoms with E-state index in [0.29, 0.717) is 18.2 Å². The summed E-state index contributed by atoms with van der Waals surface area (Å²) in [6.07, 6.45) is 2.37. The smallest absolute Gasteiger partial charge is 0.269 e. The van der Waals surface area contributed by atoms with Crippen LogP contribution in [0.1, 0.15) is 12.8 Å². The van der Waals surface area contributed by atoms with Crippen LogP contribution in [-0.4, -0.2) is 24.0 Å². The Labute approximate surface area is 104 Å². The number of nitro benzene ring substituents is 1. The fourth-order valence-electron chi connectivity index (χ4n) is 1.44. The molecule has 0 unspecified atom stereocenters. The van der Waals surface area contributed by atoms with Crippen molar-refractivity contribution in [1.29, 1.82) is 0 Å². The van der Waals surface area contributed by atoms with E-state index in [1.807, 2.05) is 0 Å². The quantitative estimate of drug-likeness (QED) is 0.612. The first-order valence-corrected chi connectivity index (χ1v) is 5.79. The highest BCUT2D eigenvalue weighted by molar-refractivity contribution is 5.77. The van der Waals surface area contributed by atoms with Gasteiger partial charge < -0.3 is 10.1 Å². The summed E-state index contributed by atoms with van der Waals surface area (Å²) < 4.78 is 5.22. The molecule has 1 aliphatic rings. The van der Waals surface area contributed by atoms with Crippen LogP contribution in [-0.2, 0) is 4.79 Å². The van der Waals surface area contributed by atoms with E-state index in [1.165, 1.54) is 37.1 Å². The molecule has 0 radical (unpaired) electrons. The zero-order valence-electron chi connectivity index (χ0n) is 9.80. The molecule has 0 spiro atoms. The van der Waals surface area contributed by atoms with E-state index in [1.54, 1.807) is 0 Å². The predicted octanol–water partition coefficient (Wildman–Crippen LogP) is 1.50. The number of benzene rings is 1. The highest BCUT2D eigenvalue weighted by Gasteiger charge is 2.21. The summed E-state index contributed by atoms with van der Waals surface area (Å²) in [5.41, 5.74) is 0.000495. The van der Waals surface area contributed by atoms with Crippen LogP contribution in [0.25, 0.3) is 0 Å². The lowest BCUT2D eigenvalue weighted by Crippen LogP contribution is -2.30. The molecule has 1 N–H and O–H groups in total. The molecule has 2 rings (SSSR count). The predicted molar refractivity (Wildman–Crippen MR) is 64.3 cm³/mol. The van der Waals surface area contributed by atoms with Crippen molar-refractivity contribution < 1.29 is 14.5 Å². The molecule has 0 bridgehead atoms. The first-order chi connectivity index (χ1) is 8.65. The van der Waals surface area contributed by atoms with Gasteiger partial charge in [0.1, 0.15) is 5.75 Å². The third-order valence-corrected chi connectivity index (χ3v) is 2.70. The second-order valence-corrected chi connectivity index (χ2v) is 4.29. The van der Waals surface area contributed by atoms with E-state index >= 15 is 0 Å². The molecule has 0 heterocycles. The molecule has 6 heteroatoms. The molecule has 0 aromatic heterocycles. The molecule has 6 nitrogen and oxygen atoms in total. The van der Waals surface area contributed by atoms with Gasteiger partial charge in [0.05, 0.1) is 4.92 Å².